The summed E-state index contributed by atoms with van der Waals surface area (Å²) < 4.78 is 16.4. The molecule has 3 aromatic carbocycles. The van der Waals surface area contributed by atoms with E-state index in [0.717, 1.165) is 21.6 Å². The van der Waals surface area contributed by atoms with E-state index in [1.807, 2.05) is 17.5 Å². The maximum atomic E-state index is 14.0. The van der Waals surface area contributed by atoms with Gasteiger partial charge >= 0.3 is 5.97 Å². The van der Waals surface area contributed by atoms with Gasteiger partial charge in [-0.3, -0.25) is 9.59 Å². The van der Waals surface area contributed by atoms with Crippen LogP contribution in [0, 0.1) is 0 Å². The van der Waals surface area contributed by atoms with Crippen LogP contribution in [0.3, 0.4) is 0 Å². The zero-order valence-corrected chi connectivity index (χ0v) is 25.9. The van der Waals surface area contributed by atoms with Gasteiger partial charge < -0.3 is 30.6 Å². The molecule has 10 nitrogen and oxygen atoms in total. The van der Waals surface area contributed by atoms with Crippen LogP contribution in [0.4, 0.5) is 11.4 Å². The first-order valence-electron chi connectivity index (χ1n) is 14.4. The second-order valence-corrected chi connectivity index (χ2v) is 11.3. The molecule has 0 unspecified atom stereocenters. The number of anilines is 2. The quantitative estimate of drug-likeness (QED) is 0.172. The van der Waals surface area contributed by atoms with Gasteiger partial charge in [0, 0.05) is 51.5 Å². The molecule has 0 aliphatic carbocycles. The highest BCUT2D eigenvalue weighted by Gasteiger charge is 2.27. The molecule has 4 N–H and O–H groups in total. The number of thiophene rings is 1. The van der Waals surface area contributed by atoms with Crippen LogP contribution >= 0.6 is 11.3 Å². The third kappa shape index (κ3) is 6.19. The highest BCUT2D eigenvalue weighted by atomic mass is 32.1. The summed E-state index contributed by atoms with van der Waals surface area (Å²) in [6.07, 6.45) is 0.713. The van der Waals surface area contributed by atoms with E-state index in [4.69, 9.17) is 19.9 Å². The maximum Gasteiger partial charge on any atom is 0.357 e. The molecule has 5 aromatic rings. The number of aromatic nitrogens is 1. The molecule has 232 valence electrons. The largest absolute Gasteiger partial charge is 0.497 e. The smallest absolute Gasteiger partial charge is 0.357 e. The Balaban J connectivity index is 1.44. The molecule has 11 heteroatoms. The molecular formula is C35H30N4O6S. The van der Waals surface area contributed by atoms with E-state index < -0.39 is 17.8 Å². The summed E-state index contributed by atoms with van der Waals surface area (Å²) in [6, 6.07) is 22.7. The van der Waals surface area contributed by atoms with E-state index in [0.29, 0.717) is 53.6 Å². The summed E-state index contributed by atoms with van der Waals surface area (Å²) >= 11 is 1.57. The van der Waals surface area contributed by atoms with Gasteiger partial charge in [-0.15, -0.1) is 11.3 Å². The molecule has 0 saturated carbocycles. The van der Waals surface area contributed by atoms with Crippen LogP contribution in [0.1, 0.15) is 42.5 Å². The Hall–Kier alpha value is -5.52. The lowest BCUT2D eigenvalue weighted by molar-refractivity contribution is 0.0594. The monoisotopic (exact) mass is 634 g/mol. The van der Waals surface area contributed by atoms with Crippen LogP contribution < -0.4 is 25.8 Å². The van der Waals surface area contributed by atoms with Crippen molar-refractivity contribution in [2.24, 2.45) is 5.73 Å². The van der Waals surface area contributed by atoms with Crippen molar-refractivity contribution in [3.05, 3.63) is 112 Å². The van der Waals surface area contributed by atoms with Gasteiger partial charge in [0.2, 0.25) is 0 Å². The summed E-state index contributed by atoms with van der Waals surface area (Å²) in [5.41, 5.74) is 10.5. The topological polar surface area (TPSA) is 142 Å². The molecule has 0 fully saturated rings. The minimum Gasteiger partial charge on any atom is -0.497 e. The van der Waals surface area contributed by atoms with Crippen molar-refractivity contribution >= 4 is 40.5 Å². The Morgan fingerprint density at radius 1 is 0.870 bits per heavy atom. The van der Waals surface area contributed by atoms with Crippen molar-refractivity contribution in [2.45, 2.75) is 13.0 Å². The minimum absolute atomic E-state index is 0.0137. The first-order valence-corrected chi connectivity index (χ1v) is 15.3. The standard InChI is InChI=1S/C35H30N4O6S/c1-43-24-9-7-23(8-10-24)38-34(41)29-12-11-25(31(39-29)35(42)44-2)26-18-30-28(32-21(13-15-45-30)14-16-46-32)17-27(26)33(40)37-22-5-3-20(19-36)4-6-22/h3-12,14,16-18H,13,15,19,36H2,1-2H3,(H,37,40)(H,38,41). The van der Waals surface area contributed by atoms with Crippen LogP contribution in [0.5, 0.6) is 11.5 Å². The highest BCUT2D eigenvalue weighted by molar-refractivity contribution is 7.13. The zero-order chi connectivity index (χ0) is 32.2. The number of methoxy groups -OCH3 is 2. The number of hydrogen-bond acceptors (Lipinski definition) is 9. The summed E-state index contributed by atoms with van der Waals surface area (Å²) in [6.45, 7) is 0.825. The number of nitrogens with two attached hydrogens (primary N) is 1. The predicted molar refractivity (Wildman–Crippen MR) is 177 cm³/mol. The van der Waals surface area contributed by atoms with Crippen molar-refractivity contribution < 1.29 is 28.6 Å². The lowest BCUT2D eigenvalue weighted by Gasteiger charge is -2.17. The van der Waals surface area contributed by atoms with Gasteiger partial charge in [0.25, 0.3) is 11.8 Å². The van der Waals surface area contributed by atoms with Gasteiger partial charge in [0.05, 0.1) is 20.8 Å². The lowest BCUT2D eigenvalue weighted by Crippen LogP contribution is -2.18. The first kappa shape index (κ1) is 30.5. The molecule has 0 saturated heterocycles. The van der Waals surface area contributed by atoms with Crippen molar-refractivity contribution in [1.29, 1.82) is 0 Å². The Bertz CT molecular complexity index is 1940. The third-order valence-electron chi connectivity index (χ3n) is 7.58. The Morgan fingerprint density at radius 3 is 2.28 bits per heavy atom. The van der Waals surface area contributed by atoms with Gasteiger partial charge in [-0.2, -0.15) is 0 Å². The number of hydrogen-bond donors (Lipinski definition) is 3. The molecule has 2 aromatic heterocycles. The molecule has 46 heavy (non-hydrogen) atoms. The normalized spacial score (nSPS) is 11.7. The fourth-order valence-electron chi connectivity index (χ4n) is 5.17. The molecule has 0 atom stereocenters. The first-order chi connectivity index (χ1) is 22.4. The lowest BCUT2D eigenvalue weighted by atomic mass is 9.93. The van der Waals surface area contributed by atoms with Gasteiger partial charge in [-0.25, -0.2) is 9.78 Å². The van der Waals surface area contributed by atoms with Gasteiger partial charge in [-0.05, 0) is 83.2 Å². The second-order valence-electron chi connectivity index (χ2n) is 10.4. The fraction of sp³-hybridized carbons (Fsp3) is 0.143. The molecule has 0 spiro atoms. The maximum absolute atomic E-state index is 14.0. The Kier molecular flexibility index (Phi) is 8.77. The van der Waals surface area contributed by atoms with Crippen molar-refractivity contribution in [1.82, 2.24) is 4.98 Å². The number of nitrogens with one attached hydrogen (secondary N) is 2. The summed E-state index contributed by atoms with van der Waals surface area (Å²) in [5, 5.41) is 7.75. The van der Waals surface area contributed by atoms with Crippen LogP contribution in [-0.4, -0.2) is 43.6 Å². The van der Waals surface area contributed by atoms with Gasteiger partial charge in [0.15, 0.2) is 5.69 Å². The Morgan fingerprint density at radius 2 is 1.59 bits per heavy atom. The Labute approximate surface area is 269 Å². The third-order valence-corrected chi connectivity index (χ3v) is 8.57. The highest BCUT2D eigenvalue weighted by Crippen LogP contribution is 2.43. The minimum atomic E-state index is -0.769. The number of amides is 2. The summed E-state index contributed by atoms with van der Waals surface area (Å²) in [4.78, 5) is 45.7. The zero-order valence-electron chi connectivity index (χ0n) is 25.1. The number of esters is 1. The number of carbonyl (C=O) groups is 3. The van der Waals surface area contributed by atoms with E-state index in [9.17, 15) is 14.4 Å². The molecule has 2 amide bonds. The number of nitrogens with zero attached hydrogens (tertiary/aromatic N) is 1. The SMILES string of the molecule is COC(=O)c1nc(C(=O)Nc2ccc(OC)cc2)ccc1-c1cc2c(cc1C(=O)Nc1ccc(CN)cc1)-c1sccc1CCO2. The van der Waals surface area contributed by atoms with E-state index in [2.05, 4.69) is 21.7 Å². The average molecular weight is 635 g/mol. The number of ether oxygens (including phenoxy) is 3. The number of fused-ring (bicyclic) bond motifs is 3. The predicted octanol–water partition coefficient (Wildman–Crippen LogP) is 6.17. The van der Waals surface area contributed by atoms with Crippen molar-refractivity contribution in [2.75, 3.05) is 31.5 Å². The number of rotatable bonds is 8. The number of benzene rings is 3. The molecule has 3 heterocycles. The van der Waals surface area contributed by atoms with Crippen LogP contribution in [0.2, 0.25) is 0 Å². The molecular weight excluding hydrogens is 604 g/mol. The van der Waals surface area contributed by atoms with Crippen molar-refractivity contribution in [3.8, 4) is 33.1 Å². The molecule has 1 aliphatic heterocycles. The number of carbonyl (C=O) groups excluding carboxylic acids is 3. The average Bonchev–Trinajstić information content (AvgIpc) is 3.49. The van der Waals surface area contributed by atoms with E-state index in [-0.39, 0.29) is 17.0 Å². The number of pyridine rings is 1. The molecule has 1 aliphatic rings. The van der Waals surface area contributed by atoms with Crippen LogP contribution in [0.25, 0.3) is 21.6 Å². The summed E-state index contributed by atoms with van der Waals surface area (Å²) in [7, 11) is 2.78. The van der Waals surface area contributed by atoms with E-state index >= 15 is 0 Å². The van der Waals surface area contributed by atoms with Crippen LogP contribution in [-0.2, 0) is 17.7 Å². The van der Waals surface area contributed by atoms with Crippen LogP contribution in [0.15, 0.2) is 84.2 Å². The van der Waals surface area contributed by atoms with Crippen molar-refractivity contribution in [3.63, 3.8) is 0 Å². The van der Waals surface area contributed by atoms with E-state index in [1.54, 1.807) is 73.0 Å². The van der Waals surface area contributed by atoms with E-state index in [1.165, 1.54) is 13.2 Å². The van der Waals surface area contributed by atoms with Gasteiger partial charge in [0.1, 0.15) is 17.2 Å². The molecule has 0 radical (unpaired) electrons. The van der Waals surface area contributed by atoms with Gasteiger partial charge in [-0.1, -0.05) is 12.1 Å². The summed E-state index contributed by atoms with van der Waals surface area (Å²) in [5.74, 6) is -0.499. The molecule has 6 rings (SSSR count). The molecule has 0 bridgehead atoms. The fourth-order valence-corrected chi connectivity index (χ4v) is 6.15. The second kappa shape index (κ2) is 13.2.